The Balaban J connectivity index is 1.86. The van der Waals surface area contributed by atoms with E-state index in [1.807, 2.05) is 13.0 Å². The molecule has 0 atom stereocenters. The molecule has 1 fully saturated rings. The van der Waals surface area contributed by atoms with Gasteiger partial charge in [-0.15, -0.1) is 0 Å². The monoisotopic (exact) mass is 258 g/mol. The number of furan rings is 1. The first-order valence-corrected chi connectivity index (χ1v) is 6.33. The maximum atomic E-state index is 12.2. The summed E-state index contributed by atoms with van der Waals surface area (Å²) in [5.74, 6) is 1.67. The van der Waals surface area contributed by atoms with E-state index < -0.39 is 6.43 Å². The van der Waals surface area contributed by atoms with Crippen LogP contribution in [0.3, 0.4) is 0 Å². The standard InChI is InChI=1S/C13H20F2N2O/c1-9-5-11(7-17(2)8-13(14)15)18-12(9)6-16-10-3-4-10/h5,10,13,16H,3-4,6-8H2,1-2H3. The number of aryl methyl sites for hydroxylation is 1. The van der Waals surface area contributed by atoms with Gasteiger partial charge >= 0.3 is 0 Å². The minimum Gasteiger partial charge on any atom is -0.463 e. The van der Waals surface area contributed by atoms with Gasteiger partial charge in [0.2, 0.25) is 0 Å². The average Bonchev–Trinajstić information content (AvgIpc) is 3.00. The summed E-state index contributed by atoms with van der Waals surface area (Å²) in [6.45, 7) is 2.92. The summed E-state index contributed by atoms with van der Waals surface area (Å²) < 4.78 is 30.1. The molecule has 1 saturated carbocycles. The molecule has 18 heavy (non-hydrogen) atoms. The number of hydrogen-bond acceptors (Lipinski definition) is 3. The molecule has 102 valence electrons. The Morgan fingerprint density at radius 1 is 1.50 bits per heavy atom. The lowest BCUT2D eigenvalue weighted by molar-refractivity contribution is 0.0944. The topological polar surface area (TPSA) is 28.4 Å². The van der Waals surface area contributed by atoms with Crippen molar-refractivity contribution in [1.29, 1.82) is 0 Å². The number of nitrogens with one attached hydrogen (secondary N) is 1. The van der Waals surface area contributed by atoms with E-state index in [0.29, 0.717) is 12.6 Å². The van der Waals surface area contributed by atoms with E-state index in [9.17, 15) is 8.78 Å². The van der Waals surface area contributed by atoms with Crippen molar-refractivity contribution in [3.05, 3.63) is 23.2 Å². The van der Waals surface area contributed by atoms with Crippen LogP contribution in [-0.2, 0) is 13.1 Å². The number of alkyl halides is 2. The summed E-state index contributed by atoms with van der Waals surface area (Å²) in [6, 6.07) is 2.57. The van der Waals surface area contributed by atoms with Gasteiger partial charge in [-0.2, -0.15) is 0 Å². The summed E-state index contributed by atoms with van der Waals surface area (Å²) in [6.07, 6.45) is 0.176. The quantitative estimate of drug-likeness (QED) is 0.814. The van der Waals surface area contributed by atoms with E-state index in [1.54, 1.807) is 11.9 Å². The van der Waals surface area contributed by atoms with Crippen molar-refractivity contribution < 1.29 is 13.2 Å². The molecule has 1 aromatic heterocycles. The van der Waals surface area contributed by atoms with Crippen molar-refractivity contribution >= 4 is 0 Å². The van der Waals surface area contributed by atoms with Crippen LogP contribution in [0.2, 0.25) is 0 Å². The normalized spacial score (nSPS) is 15.9. The summed E-state index contributed by atoms with van der Waals surface area (Å²) >= 11 is 0. The zero-order valence-corrected chi connectivity index (χ0v) is 10.9. The minimum atomic E-state index is -2.30. The molecule has 0 aliphatic heterocycles. The first-order chi connectivity index (χ1) is 8.54. The van der Waals surface area contributed by atoms with Gasteiger partial charge in [-0.1, -0.05) is 0 Å². The Morgan fingerprint density at radius 3 is 2.83 bits per heavy atom. The summed E-state index contributed by atoms with van der Waals surface area (Å²) in [5, 5.41) is 3.39. The van der Waals surface area contributed by atoms with Gasteiger partial charge < -0.3 is 9.73 Å². The Hall–Kier alpha value is -0.940. The second-order valence-corrected chi connectivity index (χ2v) is 5.06. The third kappa shape index (κ3) is 4.07. The van der Waals surface area contributed by atoms with Crippen molar-refractivity contribution in [1.82, 2.24) is 10.2 Å². The first kappa shape index (κ1) is 13.5. The molecule has 5 heteroatoms. The average molecular weight is 258 g/mol. The van der Waals surface area contributed by atoms with Crippen LogP contribution < -0.4 is 5.32 Å². The molecule has 0 spiro atoms. The second-order valence-electron chi connectivity index (χ2n) is 5.06. The zero-order valence-electron chi connectivity index (χ0n) is 10.9. The molecular formula is C13H20F2N2O. The van der Waals surface area contributed by atoms with Gasteiger partial charge in [-0.25, -0.2) is 8.78 Å². The number of nitrogens with zero attached hydrogens (tertiary/aromatic N) is 1. The molecule has 3 nitrogen and oxygen atoms in total. The van der Waals surface area contributed by atoms with E-state index in [0.717, 1.165) is 23.6 Å². The van der Waals surface area contributed by atoms with E-state index in [1.165, 1.54) is 12.8 Å². The predicted octanol–water partition coefficient (Wildman–Crippen LogP) is 2.54. The lowest BCUT2D eigenvalue weighted by atomic mass is 10.2. The van der Waals surface area contributed by atoms with E-state index in [2.05, 4.69) is 5.32 Å². The molecule has 0 saturated heterocycles. The van der Waals surface area contributed by atoms with E-state index in [-0.39, 0.29) is 6.54 Å². The Labute approximate surface area is 106 Å². The van der Waals surface area contributed by atoms with Crippen molar-refractivity contribution in [2.24, 2.45) is 0 Å². The number of halogens is 2. The molecule has 0 unspecified atom stereocenters. The fourth-order valence-corrected chi connectivity index (χ4v) is 1.93. The molecule has 1 N–H and O–H groups in total. The van der Waals surface area contributed by atoms with Crippen LogP contribution in [0.15, 0.2) is 10.5 Å². The van der Waals surface area contributed by atoms with Crippen LogP contribution >= 0.6 is 0 Å². The van der Waals surface area contributed by atoms with Crippen LogP contribution in [0.1, 0.15) is 29.9 Å². The van der Waals surface area contributed by atoms with Crippen LogP contribution in [0, 0.1) is 6.92 Å². The lowest BCUT2D eigenvalue weighted by Gasteiger charge is -2.13. The van der Waals surface area contributed by atoms with Crippen LogP contribution in [0.25, 0.3) is 0 Å². The Bertz CT molecular complexity index is 388. The third-order valence-electron chi connectivity index (χ3n) is 3.08. The minimum absolute atomic E-state index is 0.227. The van der Waals surface area contributed by atoms with Gasteiger partial charge in [-0.3, -0.25) is 4.90 Å². The van der Waals surface area contributed by atoms with E-state index in [4.69, 9.17) is 4.42 Å². The maximum Gasteiger partial charge on any atom is 0.251 e. The van der Waals surface area contributed by atoms with Crippen molar-refractivity contribution in [3.8, 4) is 0 Å². The maximum absolute atomic E-state index is 12.2. The fraction of sp³-hybridized carbons (Fsp3) is 0.692. The predicted molar refractivity (Wildman–Crippen MR) is 65.6 cm³/mol. The smallest absolute Gasteiger partial charge is 0.251 e. The SMILES string of the molecule is Cc1cc(CN(C)CC(F)F)oc1CNC1CC1. The Kier molecular flexibility index (Phi) is 4.35. The van der Waals surface area contributed by atoms with Crippen molar-refractivity contribution in [3.63, 3.8) is 0 Å². The number of hydrogen-bond donors (Lipinski definition) is 1. The molecule has 1 aliphatic carbocycles. The van der Waals surface area contributed by atoms with Crippen LogP contribution in [0.5, 0.6) is 0 Å². The highest BCUT2D eigenvalue weighted by molar-refractivity contribution is 5.20. The molecule has 0 bridgehead atoms. The fourth-order valence-electron chi connectivity index (χ4n) is 1.93. The highest BCUT2D eigenvalue weighted by atomic mass is 19.3. The van der Waals surface area contributed by atoms with Gasteiger partial charge in [0.25, 0.3) is 6.43 Å². The van der Waals surface area contributed by atoms with Gasteiger partial charge in [0.1, 0.15) is 11.5 Å². The Morgan fingerprint density at radius 2 is 2.22 bits per heavy atom. The van der Waals surface area contributed by atoms with Gasteiger partial charge in [0.15, 0.2) is 0 Å². The van der Waals surface area contributed by atoms with Crippen LogP contribution in [0.4, 0.5) is 8.78 Å². The molecule has 0 amide bonds. The van der Waals surface area contributed by atoms with E-state index >= 15 is 0 Å². The largest absolute Gasteiger partial charge is 0.463 e. The molecule has 1 heterocycles. The summed E-state index contributed by atoms with van der Waals surface area (Å²) in [7, 11) is 1.67. The van der Waals surface area contributed by atoms with Gasteiger partial charge in [0.05, 0.1) is 19.6 Å². The first-order valence-electron chi connectivity index (χ1n) is 6.33. The molecule has 2 rings (SSSR count). The van der Waals surface area contributed by atoms with Crippen molar-refractivity contribution in [2.75, 3.05) is 13.6 Å². The van der Waals surface area contributed by atoms with Crippen molar-refractivity contribution in [2.45, 2.75) is 45.3 Å². The zero-order chi connectivity index (χ0) is 13.1. The highest BCUT2D eigenvalue weighted by Gasteiger charge is 2.21. The molecule has 0 aromatic carbocycles. The highest BCUT2D eigenvalue weighted by Crippen LogP contribution is 2.21. The summed E-state index contributed by atoms with van der Waals surface area (Å²) in [5.41, 5.74) is 1.09. The molecule has 1 aromatic rings. The van der Waals surface area contributed by atoms with Gasteiger partial charge in [0, 0.05) is 6.04 Å². The molecule has 1 aliphatic rings. The molecule has 0 radical (unpaired) electrons. The second kappa shape index (κ2) is 5.80. The summed E-state index contributed by atoms with van der Waals surface area (Å²) in [4.78, 5) is 1.57. The lowest BCUT2D eigenvalue weighted by Crippen LogP contribution is -2.23. The van der Waals surface area contributed by atoms with Gasteiger partial charge in [-0.05, 0) is 38.4 Å². The number of rotatable bonds is 7. The third-order valence-corrected chi connectivity index (χ3v) is 3.08. The van der Waals surface area contributed by atoms with Crippen LogP contribution in [-0.4, -0.2) is 31.0 Å². The molecular weight excluding hydrogens is 238 g/mol.